The first kappa shape index (κ1) is 8.52. The molecule has 2 saturated heterocycles. The largest absolute Gasteiger partial charge is 0.381 e. The van der Waals surface area contributed by atoms with Gasteiger partial charge in [-0.2, -0.15) is 0 Å². The Morgan fingerprint density at radius 3 is 2.83 bits per heavy atom. The zero-order valence-corrected chi connectivity index (χ0v) is 7.72. The third-order valence-electron chi connectivity index (χ3n) is 3.25. The van der Waals surface area contributed by atoms with E-state index in [1.807, 2.05) is 0 Å². The molecule has 0 aromatic rings. The fourth-order valence-corrected chi connectivity index (χ4v) is 2.44. The second-order valence-corrected chi connectivity index (χ2v) is 4.06. The molecule has 2 fully saturated rings. The molecule has 0 aromatic heterocycles. The smallest absolute Gasteiger partial charge is 0.0497 e. The van der Waals surface area contributed by atoms with Crippen LogP contribution >= 0.6 is 0 Å². The molecule has 0 aliphatic carbocycles. The van der Waals surface area contributed by atoms with Gasteiger partial charge in [0.1, 0.15) is 0 Å². The van der Waals surface area contributed by atoms with Crippen molar-refractivity contribution in [3.8, 4) is 0 Å². The van der Waals surface area contributed by atoms with Crippen LogP contribution in [0.25, 0.3) is 0 Å². The fourth-order valence-electron chi connectivity index (χ4n) is 2.44. The van der Waals surface area contributed by atoms with Crippen LogP contribution in [0.4, 0.5) is 0 Å². The summed E-state index contributed by atoms with van der Waals surface area (Å²) in [5.41, 5.74) is 0. The van der Waals surface area contributed by atoms with Crippen molar-refractivity contribution in [1.29, 1.82) is 0 Å². The van der Waals surface area contributed by atoms with Gasteiger partial charge in [0.15, 0.2) is 0 Å². The van der Waals surface area contributed by atoms with E-state index in [9.17, 15) is 0 Å². The average molecular weight is 169 g/mol. The Labute approximate surface area is 74.7 Å². The summed E-state index contributed by atoms with van der Waals surface area (Å²) in [7, 11) is 0. The molecule has 12 heavy (non-hydrogen) atoms. The SMILES string of the molecule is C1CNCCC(C2CCOC2)C1. The molecule has 0 bridgehead atoms. The second-order valence-electron chi connectivity index (χ2n) is 4.06. The highest BCUT2D eigenvalue weighted by Crippen LogP contribution is 2.28. The molecule has 2 nitrogen and oxygen atoms in total. The van der Waals surface area contributed by atoms with Gasteiger partial charge in [-0.3, -0.25) is 0 Å². The lowest BCUT2D eigenvalue weighted by atomic mass is 9.86. The van der Waals surface area contributed by atoms with Crippen LogP contribution in [-0.2, 0) is 4.74 Å². The summed E-state index contributed by atoms with van der Waals surface area (Å²) >= 11 is 0. The Balaban J connectivity index is 1.83. The van der Waals surface area contributed by atoms with E-state index in [-0.39, 0.29) is 0 Å². The third kappa shape index (κ3) is 1.99. The molecule has 0 spiro atoms. The minimum absolute atomic E-state index is 0.880. The fraction of sp³-hybridized carbons (Fsp3) is 1.00. The normalized spacial score (nSPS) is 38.0. The number of ether oxygens (including phenoxy) is 1. The molecule has 0 saturated carbocycles. The number of hydrogen-bond donors (Lipinski definition) is 1. The molecule has 2 rings (SSSR count). The van der Waals surface area contributed by atoms with Crippen LogP contribution < -0.4 is 5.32 Å². The predicted molar refractivity (Wildman–Crippen MR) is 49.1 cm³/mol. The van der Waals surface area contributed by atoms with Crippen LogP contribution in [0, 0.1) is 11.8 Å². The van der Waals surface area contributed by atoms with Gasteiger partial charge in [-0.25, -0.2) is 0 Å². The zero-order chi connectivity index (χ0) is 8.23. The van der Waals surface area contributed by atoms with Crippen LogP contribution in [0.3, 0.4) is 0 Å². The van der Waals surface area contributed by atoms with Crippen molar-refractivity contribution in [3.63, 3.8) is 0 Å². The van der Waals surface area contributed by atoms with Gasteiger partial charge in [0.25, 0.3) is 0 Å². The molecule has 0 radical (unpaired) electrons. The molecule has 70 valence electrons. The first-order valence-electron chi connectivity index (χ1n) is 5.25. The van der Waals surface area contributed by atoms with Gasteiger partial charge >= 0.3 is 0 Å². The van der Waals surface area contributed by atoms with Crippen molar-refractivity contribution < 1.29 is 4.74 Å². The highest BCUT2D eigenvalue weighted by atomic mass is 16.5. The quantitative estimate of drug-likeness (QED) is 0.641. The number of nitrogens with one attached hydrogen (secondary N) is 1. The summed E-state index contributed by atoms with van der Waals surface area (Å²) in [5.74, 6) is 1.83. The van der Waals surface area contributed by atoms with Crippen LogP contribution in [0.2, 0.25) is 0 Å². The lowest BCUT2D eigenvalue weighted by Gasteiger charge is -2.19. The van der Waals surface area contributed by atoms with Gasteiger partial charge in [-0.1, -0.05) is 0 Å². The molecular weight excluding hydrogens is 150 g/mol. The summed E-state index contributed by atoms with van der Waals surface area (Å²) in [6.07, 6.45) is 5.46. The summed E-state index contributed by atoms with van der Waals surface area (Å²) in [6.45, 7) is 4.49. The summed E-state index contributed by atoms with van der Waals surface area (Å²) in [4.78, 5) is 0. The minimum atomic E-state index is 0.880. The number of rotatable bonds is 1. The minimum Gasteiger partial charge on any atom is -0.381 e. The van der Waals surface area contributed by atoms with Crippen molar-refractivity contribution in [2.24, 2.45) is 11.8 Å². The molecule has 2 unspecified atom stereocenters. The molecular formula is C10H19NO. The van der Waals surface area contributed by atoms with Crippen molar-refractivity contribution >= 4 is 0 Å². The summed E-state index contributed by atoms with van der Waals surface area (Å²) in [6, 6.07) is 0. The van der Waals surface area contributed by atoms with Gasteiger partial charge in [0.2, 0.25) is 0 Å². The van der Waals surface area contributed by atoms with Crippen LogP contribution in [0.5, 0.6) is 0 Å². The van der Waals surface area contributed by atoms with E-state index >= 15 is 0 Å². The Hall–Kier alpha value is -0.0800. The first-order chi connectivity index (χ1) is 5.97. The van der Waals surface area contributed by atoms with E-state index in [0.717, 1.165) is 25.0 Å². The molecule has 2 aliphatic heterocycles. The van der Waals surface area contributed by atoms with Gasteiger partial charge in [0.05, 0.1) is 0 Å². The predicted octanol–water partition coefficient (Wildman–Crippen LogP) is 1.41. The maximum Gasteiger partial charge on any atom is 0.0497 e. The zero-order valence-electron chi connectivity index (χ0n) is 7.72. The monoisotopic (exact) mass is 169 g/mol. The Bertz CT molecular complexity index is 124. The van der Waals surface area contributed by atoms with Gasteiger partial charge in [-0.05, 0) is 50.6 Å². The van der Waals surface area contributed by atoms with E-state index in [4.69, 9.17) is 4.74 Å². The van der Waals surface area contributed by atoms with Crippen molar-refractivity contribution in [2.75, 3.05) is 26.3 Å². The Kier molecular flexibility index (Phi) is 3.01. The third-order valence-corrected chi connectivity index (χ3v) is 3.25. The van der Waals surface area contributed by atoms with Gasteiger partial charge in [0, 0.05) is 13.2 Å². The second kappa shape index (κ2) is 4.24. The molecule has 0 amide bonds. The summed E-state index contributed by atoms with van der Waals surface area (Å²) in [5, 5.41) is 3.46. The lowest BCUT2D eigenvalue weighted by Crippen LogP contribution is -2.17. The van der Waals surface area contributed by atoms with E-state index in [0.29, 0.717) is 0 Å². The maximum atomic E-state index is 5.43. The standard InChI is InChI=1S/C10H19NO/c1-2-9(3-6-11-5-1)10-4-7-12-8-10/h9-11H,1-8H2. The Morgan fingerprint density at radius 2 is 2.00 bits per heavy atom. The van der Waals surface area contributed by atoms with Gasteiger partial charge < -0.3 is 10.1 Å². The van der Waals surface area contributed by atoms with E-state index in [2.05, 4.69) is 5.32 Å². The average Bonchev–Trinajstić information content (AvgIpc) is 2.48. The molecule has 1 N–H and O–H groups in total. The Morgan fingerprint density at radius 1 is 1.00 bits per heavy atom. The van der Waals surface area contributed by atoms with Crippen molar-refractivity contribution in [3.05, 3.63) is 0 Å². The van der Waals surface area contributed by atoms with E-state index < -0.39 is 0 Å². The van der Waals surface area contributed by atoms with Crippen LogP contribution in [0.15, 0.2) is 0 Å². The van der Waals surface area contributed by atoms with Crippen molar-refractivity contribution in [1.82, 2.24) is 5.32 Å². The topological polar surface area (TPSA) is 21.3 Å². The van der Waals surface area contributed by atoms with E-state index in [1.165, 1.54) is 38.8 Å². The lowest BCUT2D eigenvalue weighted by molar-refractivity contribution is 0.168. The van der Waals surface area contributed by atoms with Crippen LogP contribution in [0.1, 0.15) is 25.7 Å². The van der Waals surface area contributed by atoms with Crippen molar-refractivity contribution in [2.45, 2.75) is 25.7 Å². The molecule has 2 aliphatic rings. The molecule has 2 heteroatoms. The van der Waals surface area contributed by atoms with Crippen LogP contribution in [-0.4, -0.2) is 26.3 Å². The van der Waals surface area contributed by atoms with E-state index in [1.54, 1.807) is 0 Å². The highest BCUT2D eigenvalue weighted by molar-refractivity contribution is 4.76. The maximum absolute atomic E-state index is 5.43. The number of hydrogen-bond acceptors (Lipinski definition) is 2. The molecule has 0 aromatic carbocycles. The molecule has 2 atom stereocenters. The highest BCUT2D eigenvalue weighted by Gasteiger charge is 2.25. The first-order valence-corrected chi connectivity index (χ1v) is 5.25. The summed E-state index contributed by atoms with van der Waals surface area (Å²) < 4.78 is 5.43. The molecule has 2 heterocycles. The van der Waals surface area contributed by atoms with Gasteiger partial charge in [-0.15, -0.1) is 0 Å².